The summed E-state index contributed by atoms with van der Waals surface area (Å²) in [4.78, 5) is 0. The lowest BCUT2D eigenvalue weighted by molar-refractivity contribution is -0.0254. The molecule has 1 aliphatic carbocycles. The van der Waals surface area contributed by atoms with E-state index >= 15 is 0 Å². The van der Waals surface area contributed by atoms with Crippen LogP contribution in [0.5, 0.6) is 0 Å². The zero-order valence-electron chi connectivity index (χ0n) is 13.3. The van der Waals surface area contributed by atoms with Crippen LogP contribution in [0.15, 0.2) is 0 Å². The second-order valence-electron chi connectivity index (χ2n) is 4.80. The van der Waals surface area contributed by atoms with E-state index in [-0.39, 0.29) is 0 Å². The molecular formula is C12H18N2O. The third-order valence-electron chi connectivity index (χ3n) is 4.05. The van der Waals surface area contributed by atoms with Gasteiger partial charge in [0.1, 0.15) is 5.89 Å². The summed E-state index contributed by atoms with van der Waals surface area (Å²) >= 11 is 0. The van der Waals surface area contributed by atoms with Gasteiger partial charge in [0.15, 0.2) is 0 Å². The smallest absolute Gasteiger partial charge is 0.139 e. The molecule has 0 aliphatic heterocycles. The average Bonchev–Trinajstić information content (AvgIpc) is 2.51. The molecule has 1 fully saturated rings. The van der Waals surface area contributed by atoms with E-state index in [4.69, 9.17) is 20.7 Å². The van der Waals surface area contributed by atoms with Crippen LogP contribution in [0.1, 0.15) is 39.1 Å². The van der Waals surface area contributed by atoms with Gasteiger partial charge in [0, 0.05) is 12.5 Å². The minimum Gasteiger partial charge on any atom is -0.381 e. The van der Waals surface area contributed by atoms with Gasteiger partial charge in [-0.2, -0.15) is 10.5 Å². The molecule has 2 atom stereocenters. The number of nitrogens with zero attached hydrogens (tertiary/aromatic N) is 2. The maximum atomic E-state index is 9.15. The summed E-state index contributed by atoms with van der Waals surface area (Å²) in [7, 11) is -2.52. The van der Waals surface area contributed by atoms with Crippen LogP contribution in [0.4, 0.5) is 0 Å². The van der Waals surface area contributed by atoms with Crippen LogP contribution in [-0.2, 0) is 4.74 Å². The number of nitriles is 2. The molecule has 15 heavy (non-hydrogen) atoms. The predicted octanol–water partition coefficient (Wildman–Crippen LogP) is 2.49. The third kappa shape index (κ3) is 1.52. The van der Waals surface area contributed by atoms with Gasteiger partial charge in [-0.3, -0.25) is 0 Å². The molecule has 1 saturated carbocycles. The molecule has 0 amide bonds. The van der Waals surface area contributed by atoms with Crippen molar-refractivity contribution in [3.63, 3.8) is 0 Å². The van der Waals surface area contributed by atoms with Crippen molar-refractivity contribution >= 4 is 0 Å². The highest BCUT2D eigenvalue weighted by molar-refractivity contribution is 5.16. The van der Waals surface area contributed by atoms with Gasteiger partial charge in [-0.1, -0.05) is 20.8 Å². The molecule has 0 aromatic carbocycles. The van der Waals surface area contributed by atoms with E-state index in [2.05, 4.69) is 0 Å². The first kappa shape index (κ1) is 7.25. The van der Waals surface area contributed by atoms with E-state index < -0.39 is 29.9 Å². The maximum absolute atomic E-state index is 9.15. The summed E-state index contributed by atoms with van der Waals surface area (Å²) < 4.78 is 34.7. The summed E-state index contributed by atoms with van der Waals surface area (Å²) in [6.07, 6.45) is 0.230. The highest BCUT2D eigenvalue weighted by Gasteiger charge is 2.56. The van der Waals surface area contributed by atoms with Crippen LogP contribution in [0.3, 0.4) is 0 Å². The lowest BCUT2D eigenvalue weighted by Crippen LogP contribution is -2.42. The van der Waals surface area contributed by atoms with Gasteiger partial charge in [0.05, 0.1) is 23.7 Å². The first-order valence-corrected chi connectivity index (χ1v) is 4.94. The Morgan fingerprint density at radius 3 is 2.53 bits per heavy atom. The molecule has 0 N–H and O–H groups in total. The first-order valence-electron chi connectivity index (χ1n) is 6.94. The normalized spacial score (nSPS) is 39.1. The Balaban J connectivity index is 3.17. The fourth-order valence-electron chi connectivity index (χ4n) is 2.38. The van der Waals surface area contributed by atoms with Crippen molar-refractivity contribution in [1.29, 1.82) is 10.5 Å². The van der Waals surface area contributed by atoms with E-state index in [1.165, 1.54) is 0 Å². The molecule has 0 spiro atoms. The van der Waals surface area contributed by atoms with Crippen LogP contribution in [0.2, 0.25) is 0 Å². The third-order valence-corrected chi connectivity index (χ3v) is 4.05. The van der Waals surface area contributed by atoms with Gasteiger partial charge in [-0.25, -0.2) is 0 Å². The van der Waals surface area contributed by atoms with Crippen LogP contribution in [-0.4, -0.2) is 13.1 Å². The second kappa shape index (κ2) is 3.83. The van der Waals surface area contributed by atoms with Crippen molar-refractivity contribution in [2.75, 3.05) is 7.04 Å². The molecule has 0 aromatic rings. The molecule has 3 nitrogen and oxygen atoms in total. The Hall–Kier alpha value is -1.06. The fourth-order valence-corrected chi connectivity index (χ4v) is 2.38. The summed E-state index contributed by atoms with van der Waals surface area (Å²) in [6, 6.07) is 3.52. The van der Waals surface area contributed by atoms with Crippen molar-refractivity contribution in [2.45, 2.75) is 39.7 Å². The Morgan fingerprint density at radius 1 is 1.47 bits per heavy atom. The van der Waals surface area contributed by atoms with Gasteiger partial charge in [0.25, 0.3) is 0 Å². The van der Waals surface area contributed by atoms with Gasteiger partial charge >= 0.3 is 0 Å². The fraction of sp³-hybridized carbons (Fsp3) is 0.833. The number of ether oxygens (including phenoxy) is 1. The van der Waals surface area contributed by atoms with Crippen molar-refractivity contribution < 1.29 is 10.2 Å². The monoisotopic (exact) mass is 210 g/mol. The van der Waals surface area contributed by atoms with Crippen LogP contribution in [0, 0.1) is 39.4 Å². The highest BCUT2D eigenvalue weighted by atomic mass is 16.5. The zero-order chi connectivity index (χ0) is 15.1. The minimum absolute atomic E-state index is 0.408. The maximum Gasteiger partial charge on any atom is 0.139 e. The van der Waals surface area contributed by atoms with Crippen molar-refractivity contribution in [1.82, 2.24) is 0 Å². The van der Waals surface area contributed by atoms with E-state index in [1.54, 1.807) is 32.9 Å². The van der Waals surface area contributed by atoms with E-state index in [1.807, 2.05) is 0 Å². The predicted molar refractivity (Wildman–Crippen MR) is 56.6 cm³/mol. The molecule has 0 heterocycles. The number of rotatable bonds is 2. The zero-order valence-corrected chi connectivity index (χ0v) is 9.29. The Bertz CT molecular complexity index is 432. The van der Waals surface area contributed by atoms with E-state index in [9.17, 15) is 0 Å². The van der Waals surface area contributed by atoms with Crippen molar-refractivity contribution in [3.05, 3.63) is 0 Å². The van der Waals surface area contributed by atoms with Crippen LogP contribution < -0.4 is 0 Å². The highest BCUT2D eigenvalue weighted by Crippen LogP contribution is 2.57. The quantitative estimate of drug-likeness (QED) is 0.703. The number of methoxy groups -OCH3 is 1. The SMILES string of the molecule is [2H]C([2H])([2H])OC1CCC(C)(C([2H])(C#N)C#N)C1(C)C. The molecule has 0 saturated heterocycles. The summed E-state index contributed by atoms with van der Waals surface area (Å²) in [5.74, 6) is -1.91. The summed E-state index contributed by atoms with van der Waals surface area (Å²) in [5, 5.41) is 18.3. The van der Waals surface area contributed by atoms with Gasteiger partial charge in [-0.05, 0) is 18.3 Å². The molecule has 0 bridgehead atoms. The molecule has 3 heteroatoms. The second-order valence-corrected chi connectivity index (χ2v) is 4.80. The Morgan fingerprint density at radius 2 is 2.07 bits per heavy atom. The van der Waals surface area contributed by atoms with Crippen LogP contribution >= 0.6 is 0 Å². The first-order chi connectivity index (χ1) is 8.43. The molecule has 2 unspecified atom stereocenters. The number of hydrogen-bond donors (Lipinski definition) is 0. The van der Waals surface area contributed by atoms with Gasteiger partial charge in [-0.15, -0.1) is 0 Å². The lowest BCUT2D eigenvalue weighted by atomic mass is 9.62. The van der Waals surface area contributed by atoms with Gasteiger partial charge in [0.2, 0.25) is 0 Å². The Labute approximate surface area is 97.3 Å². The largest absolute Gasteiger partial charge is 0.381 e. The number of hydrogen-bond acceptors (Lipinski definition) is 3. The minimum atomic E-state index is -2.52. The average molecular weight is 210 g/mol. The lowest BCUT2D eigenvalue weighted by Gasteiger charge is -2.41. The topological polar surface area (TPSA) is 56.8 Å². The Kier molecular flexibility index (Phi) is 1.85. The standard InChI is InChI=1S/C12H18N2O/c1-11(2)10(15-4)5-6-12(11,3)9(7-13)8-14/h9-10H,5-6H2,1-4H3/i4D3,9D. The van der Waals surface area contributed by atoms with Crippen molar-refractivity contribution in [3.8, 4) is 12.1 Å². The van der Waals surface area contributed by atoms with Gasteiger partial charge < -0.3 is 4.74 Å². The molecule has 0 radical (unpaired) electrons. The summed E-state index contributed by atoms with van der Waals surface area (Å²) in [5.41, 5.74) is -1.70. The van der Waals surface area contributed by atoms with Crippen molar-refractivity contribution in [2.24, 2.45) is 16.7 Å². The molecule has 1 aliphatic rings. The summed E-state index contributed by atoms with van der Waals surface area (Å²) in [6.45, 7) is 5.21. The van der Waals surface area contributed by atoms with Crippen LogP contribution in [0.25, 0.3) is 0 Å². The molecular weight excluding hydrogens is 188 g/mol. The molecule has 0 aromatic heterocycles. The molecule has 1 rings (SSSR count). The molecule has 82 valence electrons. The van der Waals surface area contributed by atoms with E-state index in [0.29, 0.717) is 12.8 Å². The van der Waals surface area contributed by atoms with E-state index in [0.717, 1.165) is 0 Å².